The van der Waals surface area contributed by atoms with Crippen molar-refractivity contribution in [1.82, 2.24) is 9.88 Å². The summed E-state index contributed by atoms with van der Waals surface area (Å²) in [7, 11) is 1.54. The maximum Gasteiger partial charge on any atom is 0.249 e. The number of nitrogens with one attached hydrogen (secondary N) is 1. The van der Waals surface area contributed by atoms with Crippen molar-refractivity contribution in [2.24, 2.45) is 0 Å². The molecule has 4 nitrogen and oxygen atoms in total. The molecule has 0 saturated carbocycles. The number of aromatic nitrogens is 1. The third kappa shape index (κ3) is 2.47. The van der Waals surface area contributed by atoms with Crippen molar-refractivity contribution in [3.05, 3.63) is 32.9 Å². The molecule has 0 saturated heterocycles. The van der Waals surface area contributed by atoms with E-state index in [0.717, 1.165) is 21.8 Å². The molecule has 21 heavy (non-hydrogen) atoms. The molecular formula is C15H16BrClN2O2. The molecule has 0 unspecified atom stereocenters. The van der Waals surface area contributed by atoms with Gasteiger partial charge < -0.3 is 14.6 Å². The first kappa shape index (κ1) is 14.9. The maximum atomic E-state index is 12.2. The van der Waals surface area contributed by atoms with Crippen LogP contribution in [0.4, 0.5) is 0 Å². The monoisotopic (exact) mass is 370 g/mol. The van der Waals surface area contributed by atoms with E-state index in [4.69, 9.17) is 16.3 Å². The number of ether oxygens (including phenoxy) is 1. The molecule has 0 aliphatic carbocycles. The molecular weight excluding hydrogens is 356 g/mol. The lowest BCUT2D eigenvalue weighted by atomic mass is 9.99. The summed E-state index contributed by atoms with van der Waals surface area (Å²) in [4.78, 5) is 17.5. The average molecular weight is 372 g/mol. The van der Waals surface area contributed by atoms with E-state index >= 15 is 0 Å². The van der Waals surface area contributed by atoms with Crippen LogP contribution in [-0.4, -0.2) is 35.5 Å². The van der Waals surface area contributed by atoms with Gasteiger partial charge in [0.05, 0.1) is 15.0 Å². The van der Waals surface area contributed by atoms with Crippen LogP contribution < -0.4 is 0 Å². The van der Waals surface area contributed by atoms with Gasteiger partial charge in [-0.3, -0.25) is 4.79 Å². The molecule has 1 amide bonds. The zero-order valence-corrected chi connectivity index (χ0v) is 14.2. The smallest absolute Gasteiger partial charge is 0.249 e. The van der Waals surface area contributed by atoms with Crippen LogP contribution in [0.1, 0.15) is 18.2 Å². The number of methoxy groups -OCH3 is 1. The molecule has 1 aromatic heterocycles. The first-order valence-corrected chi connectivity index (χ1v) is 7.95. The minimum Gasteiger partial charge on any atom is -0.375 e. The molecule has 3 rings (SSSR count). The molecule has 0 bridgehead atoms. The average Bonchev–Trinajstić information content (AvgIpc) is 2.80. The fourth-order valence-corrected chi connectivity index (χ4v) is 3.54. The number of benzene rings is 1. The van der Waals surface area contributed by atoms with E-state index in [1.807, 2.05) is 17.0 Å². The molecule has 2 heterocycles. The second-order valence-corrected chi connectivity index (χ2v) is 6.57. The van der Waals surface area contributed by atoms with Gasteiger partial charge in [0.2, 0.25) is 5.91 Å². The summed E-state index contributed by atoms with van der Waals surface area (Å²) >= 11 is 9.68. The normalized spacial score (nSPS) is 18.1. The maximum absolute atomic E-state index is 12.2. The Morgan fingerprint density at radius 2 is 2.33 bits per heavy atom. The number of nitrogens with zero attached hydrogens (tertiary/aromatic N) is 1. The molecule has 1 aliphatic rings. The summed E-state index contributed by atoms with van der Waals surface area (Å²) < 4.78 is 5.85. The van der Waals surface area contributed by atoms with Crippen LogP contribution in [0, 0.1) is 0 Å². The quantitative estimate of drug-likeness (QED) is 0.878. The van der Waals surface area contributed by atoms with Gasteiger partial charge in [0.1, 0.15) is 6.61 Å². The summed E-state index contributed by atoms with van der Waals surface area (Å²) in [6, 6.07) is 4.04. The Morgan fingerprint density at radius 3 is 3.05 bits per heavy atom. The van der Waals surface area contributed by atoms with Crippen LogP contribution >= 0.6 is 27.5 Å². The van der Waals surface area contributed by atoms with Gasteiger partial charge in [0.15, 0.2) is 0 Å². The number of carbonyl (C=O) groups is 1. The first-order valence-electron chi connectivity index (χ1n) is 6.78. The zero-order valence-electron chi connectivity index (χ0n) is 11.9. The lowest BCUT2D eigenvalue weighted by Crippen LogP contribution is -2.44. The van der Waals surface area contributed by atoms with Crippen LogP contribution in [0.5, 0.6) is 0 Å². The van der Waals surface area contributed by atoms with Crippen LogP contribution in [-0.2, 0) is 22.5 Å². The molecule has 0 spiro atoms. The SMILES string of the molecule is COCC(=O)N1Cc2c([nH]c3c(Br)c(Cl)ccc23)C[C@@H]1C. The summed E-state index contributed by atoms with van der Waals surface area (Å²) in [5, 5.41) is 1.80. The second kappa shape index (κ2) is 5.63. The largest absolute Gasteiger partial charge is 0.375 e. The second-order valence-electron chi connectivity index (χ2n) is 5.37. The zero-order chi connectivity index (χ0) is 15.1. The number of amides is 1. The van der Waals surface area contributed by atoms with Gasteiger partial charge in [-0.2, -0.15) is 0 Å². The third-order valence-corrected chi connectivity index (χ3v) is 5.38. The number of carbonyl (C=O) groups excluding carboxylic acids is 1. The summed E-state index contributed by atoms with van der Waals surface area (Å²) in [5.74, 6) is 0.0260. The summed E-state index contributed by atoms with van der Waals surface area (Å²) in [6.45, 7) is 2.79. The Hall–Kier alpha value is -1.04. The van der Waals surface area contributed by atoms with Gasteiger partial charge in [-0.15, -0.1) is 0 Å². The Bertz CT molecular complexity index is 713. The number of H-pyrrole nitrogens is 1. The Labute approximate surface area is 136 Å². The van der Waals surface area contributed by atoms with Crippen molar-refractivity contribution in [3.63, 3.8) is 0 Å². The molecule has 112 valence electrons. The van der Waals surface area contributed by atoms with Crippen molar-refractivity contribution in [1.29, 1.82) is 0 Å². The van der Waals surface area contributed by atoms with E-state index in [-0.39, 0.29) is 18.6 Å². The minimum atomic E-state index is 0.0260. The van der Waals surface area contributed by atoms with Gasteiger partial charge in [-0.1, -0.05) is 17.7 Å². The van der Waals surface area contributed by atoms with Crippen LogP contribution in [0.15, 0.2) is 16.6 Å². The van der Waals surface area contributed by atoms with Crippen molar-refractivity contribution in [2.75, 3.05) is 13.7 Å². The van der Waals surface area contributed by atoms with Gasteiger partial charge in [-0.25, -0.2) is 0 Å². The van der Waals surface area contributed by atoms with E-state index in [2.05, 4.69) is 27.8 Å². The first-order chi connectivity index (χ1) is 10.0. The summed E-state index contributed by atoms with van der Waals surface area (Å²) in [6.07, 6.45) is 0.809. The molecule has 1 aliphatic heterocycles. The Kier molecular flexibility index (Phi) is 3.99. The molecule has 0 fully saturated rings. The lowest BCUT2D eigenvalue weighted by molar-refractivity contribution is -0.138. The molecule has 0 radical (unpaired) electrons. The molecule has 1 aromatic carbocycles. The van der Waals surface area contributed by atoms with Crippen LogP contribution in [0.25, 0.3) is 10.9 Å². The highest BCUT2D eigenvalue weighted by Gasteiger charge is 2.29. The predicted octanol–water partition coefficient (Wildman–Crippen LogP) is 3.50. The number of hydrogen-bond acceptors (Lipinski definition) is 2. The molecule has 1 N–H and O–H groups in total. The Balaban J connectivity index is 2.05. The topological polar surface area (TPSA) is 45.3 Å². The lowest BCUT2D eigenvalue weighted by Gasteiger charge is -2.33. The Morgan fingerprint density at radius 1 is 1.57 bits per heavy atom. The van der Waals surface area contributed by atoms with E-state index in [1.165, 1.54) is 11.3 Å². The van der Waals surface area contributed by atoms with E-state index in [1.54, 1.807) is 7.11 Å². The van der Waals surface area contributed by atoms with Crippen molar-refractivity contribution in [3.8, 4) is 0 Å². The molecule has 1 atom stereocenters. The van der Waals surface area contributed by atoms with Gasteiger partial charge in [-0.05, 0) is 28.9 Å². The minimum absolute atomic E-state index is 0.0260. The van der Waals surface area contributed by atoms with E-state index in [9.17, 15) is 4.79 Å². The fourth-order valence-electron chi connectivity index (χ4n) is 2.94. The van der Waals surface area contributed by atoms with Gasteiger partial charge in [0, 0.05) is 42.8 Å². The number of hydrogen-bond donors (Lipinski definition) is 1. The van der Waals surface area contributed by atoms with Crippen LogP contribution in [0.3, 0.4) is 0 Å². The summed E-state index contributed by atoms with van der Waals surface area (Å²) in [5.41, 5.74) is 3.35. The number of fused-ring (bicyclic) bond motifs is 3. The van der Waals surface area contributed by atoms with Crippen LogP contribution in [0.2, 0.25) is 5.02 Å². The van der Waals surface area contributed by atoms with Gasteiger partial charge >= 0.3 is 0 Å². The standard InChI is InChI=1S/C15H16BrClN2O2/c1-8-5-12-10(6-19(8)13(20)7-21-2)9-3-4-11(17)14(16)15(9)18-12/h3-4,8,18H,5-7H2,1-2H3/t8-/m0/s1. The van der Waals surface area contributed by atoms with E-state index < -0.39 is 0 Å². The van der Waals surface area contributed by atoms with Gasteiger partial charge in [0.25, 0.3) is 0 Å². The molecule has 2 aromatic rings. The number of aromatic amines is 1. The number of rotatable bonds is 2. The predicted molar refractivity (Wildman–Crippen MR) is 86.6 cm³/mol. The van der Waals surface area contributed by atoms with Crippen molar-refractivity contribution >= 4 is 44.3 Å². The highest BCUT2D eigenvalue weighted by molar-refractivity contribution is 9.10. The fraction of sp³-hybridized carbons (Fsp3) is 0.400. The van der Waals surface area contributed by atoms with Crippen molar-refractivity contribution in [2.45, 2.75) is 25.9 Å². The molecule has 6 heteroatoms. The van der Waals surface area contributed by atoms with E-state index in [0.29, 0.717) is 11.6 Å². The highest BCUT2D eigenvalue weighted by atomic mass is 79.9. The number of halogens is 2. The third-order valence-electron chi connectivity index (χ3n) is 4.01. The van der Waals surface area contributed by atoms with Crippen molar-refractivity contribution < 1.29 is 9.53 Å². The highest BCUT2D eigenvalue weighted by Crippen LogP contribution is 2.36.